The fraction of sp³-hybridized carbons (Fsp3) is 0.526. The van der Waals surface area contributed by atoms with E-state index < -0.39 is 0 Å². The van der Waals surface area contributed by atoms with Crippen LogP contribution in [0.3, 0.4) is 0 Å². The van der Waals surface area contributed by atoms with Gasteiger partial charge in [0.25, 0.3) is 0 Å². The van der Waals surface area contributed by atoms with Crippen molar-refractivity contribution >= 4 is 17.5 Å². The molecule has 1 amide bonds. The minimum Gasteiger partial charge on any atom is -0.330 e. The molecule has 132 valence electrons. The molecule has 1 N–H and O–H groups in total. The predicted octanol–water partition coefficient (Wildman–Crippen LogP) is 2.05. The molecule has 5 nitrogen and oxygen atoms in total. The zero-order valence-electron chi connectivity index (χ0n) is 15.0. The minimum atomic E-state index is -0.176. The van der Waals surface area contributed by atoms with Gasteiger partial charge in [-0.2, -0.15) is 0 Å². The monoisotopic (exact) mass is 332 g/mol. The highest BCUT2D eigenvalue weighted by Crippen LogP contribution is 2.07. The molecule has 1 aromatic rings. The van der Waals surface area contributed by atoms with Crippen LogP contribution in [-0.2, 0) is 20.9 Å². The third-order valence-corrected chi connectivity index (χ3v) is 3.78. The van der Waals surface area contributed by atoms with Gasteiger partial charge in [-0.15, -0.1) is 0 Å². The molecule has 0 fully saturated rings. The van der Waals surface area contributed by atoms with Crippen LogP contribution in [0, 0.1) is 11.8 Å². The molecule has 0 aliphatic carbocycles. The van der Waals surface area contributed by atoms with Gasteiger partial charge in [-0.3, -0.25) is 14.4 Å². The summed E-state index contributed by atoms with van der Waals surface area (Å²) in [6.07, 6.45) is 0. The molecule has 0 aromatic heterocycles. The lowest BCUT2D eigenvalue weighted by molar-refractivity contribution is -0.136. The fourth-order valence-corrected chi connectivity index (χ4v) is 2.02. The van der Waals surface area contributed by atoms with Gasteiger partial charge in [0, 0.05) is 18.4 Å². The molecule has 0 heterocycles. The third kappa shape index (κ3) is 7.04. The van der Waals surface area contributed by atoms with E-state index in [0.717, 1.165) is 5.56 Å². The number of carbonyl (C=O) groups excluding carboxylic acids is 3. The summed E-state index contributed by atoms with van der Waals surface area (Å²) in [6.45, 7) is 8.00. The summed E-state index contributed by atoms with van der Waals surface area (Å²) in [5.74, 6) is -0.264. The lowest BCUT2D eigenvalue weighted by Gasteiger charge is -2.23. The van der Waals surface area contributed by atoms with E-state index in [2.05, 4.69) is 5.32 Å². The standard InChI is InChI=1S/C19H28N2O3/c1-14(2)17(22)10-20-11-19(24)21(13-18(23)15(3)4)12-16-8-6-5-7-9-16/h5-9,14-15,20H,10-13H2,1-4H3. The molecule has 0 aliphatic rings. The van der Waals surface area contributed by atoms with Crippen molar-refractivity contribution in [1.29, 1.82) is 0 Å². The Bertz CT molecular complexity index is 553. The number of nitrogens with one attached hydrogen (secondary N) is 1. The number of rotatable bonds is 10. The number of amides is 1. The second kappa shape index (κ2) is 9.98. The number of benzene rings is 1. The summed E-state index contributed by atoms with van der Waals surface area (Å²) in [6, 6.07) is 9.57. The molecule has 5 heteroatoms. The summed E-state index contributed by atoms with van der Waals surface area (Å²) >= 11 is 0. The number of hydrogen-bond acceptors (Lipinski definition) is 4. The van der Waals surface area contributed by atoms with Gasteiger partial charge in [0.05, 0.1) is 19.6 Å². The van der Waals surface area contributed by atoms with Crippen LogP contribution >= 0.6 is 0 Å². The summed E-state index contributed by atoms with van der Waals surface area (Å²) in [5.41, 5.74) is 0.973. The van der Waals surface area contributed by atoms with Crippen molar-refractivity contribution in [1.82, 2.24) is 10.2 Å². The Morgan fingerprint density at radius 2 is 1.50 bits per heavy atom. The van der Waals surface area contributed by atoms with E-state index in [1.807, 2.05) is 58.0 Å². The predicted molar refractivity (Wildman–Crippen MR) is 94.4 cm³/mol. The van der Waals surface area contributed by atoms with Gasteiger partial charge >= 0.3 is 0 Å². The summed E-state index contributed by atoms with van der Waals surface area (Å²) in [7, 11) is 0. The first-order chi connectivity index (χ1) is 11.3. The van der Waals surface area contributed by atoms with Crippen LogP contribution in [0.15, 0.2) is 30.3 Å². The first kappa shape index (κ1) is 20.0. The van der Waals surface area contributed by atoms with Gasteiger partial charge in [0.15, 0.2) is 5.78 Å². The Morgan fingerprint density at radius 3 is 2.04 bits per heavy atom. The van der Waals surface area contributed by atoms with Crippen molar-refractivity contribution < 1.29 is 14.4 Å². The van der Waals surface area contributed by atoms with Crippen LogP contribution in [0.1, 0.15) is 33.3 Å². The fourth-order valence-electron chi connectivity index (χ4n) is 2.02. The van der Waals surface area contributed by atoms with Crippen LogP contribution in [0.2, 0.25) is 0 Å². The molecule has 24 heavy (non-hydrogen) atoms. The Morgan fingerprint density at radius 1 is 0.917 bits per heavy atom. The zero-order valence-corrected chi connectivity index (χ0v) is 15.0. The SMILES string of the molecule is CC(C)C(=O)CNCC(=O)N(CC(=O)C(C)C)Cc1ccccc1. The number of ketones is 2. The Kier molecular flexibility index (Phi) is 8.33. The van der Waals surface area contributed by atoms with Gasteiger partial charge in [-0.1, -0.05) is 58.0 Å². The molecule has 0 spiro atoms. The molecule has 0 bridgehead atoms. The number of hydrogen-bond donors (Lipinski definition) is 1. The van der Waals surface area contributed by atoms with E-state index in [4.69, 9.17) is 0 Å². The lowest BCUT2D eigenvalue weighted by atomic mass is 10.1. The molecule has 1 rings (SSSR count). The topological polar surface area (TPSA) is 66.5 Å². The van der Waals surface area contributed by atoms with Crippen LogP contribution in [0.5, 0.6) is 0 Å². The van der Waals surface area contributed by atoms with Gasteiger partial charge in [0.2, 0.25) is 5.91 Å². The minimum absolute atomic E-state index is 0.0255. The van der Waals surface area contributed by atoms with Crippen molar-refractivity contribution in [3.63, 3.8) is 0 Å². The molecule has 0 atom stereocenters. The van der Waals surface area contributed by atoms with Crippen molar-refractivity contribution in [2.45, 2.75) is 34.2 Å². The third-order valence-electron chi connectivity index (χ3n) is 3.78. The maximum absolute atomic E-state index is 12.5. The van der Waals surface area contributed by atoms with Crippen LogP contribution < -0.4 is 5.32 Å². The average Bonchev–Trinajstić information content (AvgIpc) is 2.54. The van der Waals surface area contributed by atoms with Crippen molar-refractivity contribution in [2.75, 3.05) is 19.6 Å². The van der Waals surface area contributed by atoms with Gasteiger partial charge in [0.1, 0.15) is 5.78 Å². The molecule has 1 aromatic carbocycles. The van der Waals surface area contributed by atoms with E-state index in [1.54, 1.807) is 4.90 Å². The van der Waals surface area contributed by atoms with Crippen LogP contribution in [0.4, 0.5) is 0 Å². The van der Waals surface area contributed by atoms with E-state index in [9.17, 15) is 14.4 Å². The Hall–Kier alpha value is -2.01. The van der Waals surface area contributed by atoms with Crippen molar-refractivity contribution in [3.8, 4) is 0 Å². The highest BCUT2D eigenvalue weighted by Gasteiger charge is 2.19. The Balaban J connectivity index is 2.67. The van der Waals surface area contributed by atoms with Crippen LogP contribution in [0.25, 0.3) is 0 Å². The van der Waals surface area contributed by atoms with Crippen molar-refractivity contribution in [2.24, 2.45) is 11.8 Å². The maximum atomic E-state index is 12.5. The normalized spacial score (nSPS) is 10.9. The molecule has 0 saturated heterocycles. The van der Waals surface area contributed by atoms with Crippen molar-refractivity contribution in [3.05, 3.63) is 35.9 Å². The second-order valence-electron chi connectivity index (χ2n) is 6.58. The smallest absolute Gasteiger partial charge is 0.237 e. The molecule has 0 radical (unpaired) electrons. The van der Waals surface area contributed by atoms with Crippen LogP contribution in [-0.4, -0.2) is 42.0 Å². The summed E-state index contributed by atoms with van der Waals surface area (Å²) < 4.78 is 0. The largest absolute Gasteiger partial charge is 0.330 e. The van der Waals surface area contributed by atoms with E-state index in [0.29, 0.717) is 6.54 Å². The number of nitrogens with zero attached hydrogens (tertiary/aromatic N) is 1. The van der Waals surface area contributed by atoms with E-state index >= 15 is 0 Å². The van der Waals surface area contributed by atoms with E-state index in [-0.39, 0.29) is 48.9 Å². The zero-order chi connectivity index (χ0) is 18.1. The van der Waals surface area contributed by atoms with E-state index in [1.165, 1.54) is 0 Å². The van der Waals surface area contributed by atoms with Gasteiger partial charge < -0.3 is 10.2 Å². The molecule has 0 unspecified atom stereocenters. The summed E-state index contributed by atoms with van der Waals surface area (Å²) in [5, 5.41) is 2.88. The second-order valence-corrected chi connectivity index (χ2v) is 6.58. The quantitative estimate of drug-likeness (QED) is 0.712. The Labute approximate surface area is 144 Å². The molecule has 0 saturated carbocycles. The van der Waals surface area contributed by atoms with Gasteiger partial charge in [-0.25, -0.2) is 0 Å². The first-order valence-electron chi connectivity index (χ1n) is 8.39. The van der Waals surface area contributed by atoms with Gasteiger partial charge in [-0.05, 0) is 5.56 Å². The molecule has 0 aliphatic heterocycles. The molecular formula is C19H28N2O3. The average molecular weight is 332 g/mol. The summed E-state index contributed by atoms with van der Waals surface area (Å²) in [4.78, 5) is 37.7. The number of Topliss-reactive ketones (excluding diaryl/α,β-unsaturated/α-hetero) is 2. The maximum Gasteiger partial charge on any atom is 0.237 e. The lowest BCUT2D eigenvalue weighted by Crippen LogP contribution is -2.42. The molecular weight excluding hydrogens is 304 g/mol. The number of carbonyl (C=O) groups is 3. The first-order valence-corrected chi connectivity index (χ1v) is 8.39. The highest BCUT2D eigenvalue weighted by atomic mass is 16.2. The highest BCUT2D eigenvalue weighted by molar-refractivity contribution is 5.88.